The molecular weight excluding hydrogens is 759 g/mol. The van der Waals surface area contributed by atoms with Crippen LogP contribution in [-0.4, -0.2) is 46.8 Å². The molecule has 312 valence electrons. The molecule has 0 bridgehead atoms. The van der Waals surface area contributed by atoms with Gasteiger partial charge in [-0.25, -0.2) is 0 Å². The fraction of sp³-hybridized carbons (Fsp3) is 0.423. The van der Waals surface area contributed by atoms with Crippen LogP contribution >= 0.6 is 0 Å². The van der Waals surface area contributed by atoms with Gasteiger partial charge in [0, 0.05) is 19.3 Å². The van der Waals surface area contributed by atoms with Crippen molar-refractivity contribution < 1.29 is 18.4 Å². The van der Waals surface area contributed by atoms with Gasteiger partial charge in [-0.05, 0) is 68.7 Å². The van der Waals surface area contributed by atoms with Crippen LogP contribution in [-0.2, 0) is 18.4 Å². The zero-order chi connectivity index (χ0) is 42.4. The third-order valence-corrected chi connectivity index (χ3v) is 21.9. The summed E-state index contributed by atoms with van der Waals surface area (Å²) in [5.41, 5.74) is 0. The van der Waals surface area contributed by atoms with E-state index in [1.54, 1.807) is 6.08 Å². The van der Waals surface area contributed by atoms with E-state index in [4.69, 9.17) is 13.6 Å². The van der Waals surface area contributed by atoms with Crippen LogP contribution in [0.3, 0.4) is 0 Å². The minimum Gasteiger partial charge on any atom is -0.402 e. The lowest BCUT2D eigenvalue weighted by molar-refractivity contribution is -0.114. The molecule has 1 aliphatic heterocycles. The largest absolute Gasteiger partial charge is 0.402 e. The second kappa shape index (κ2) is 21.4. The van der Waals surface area contributed by atoms with E-state index in [1.165, 1.54) is 20.7 Å². The number of allylic oxidation sites excluding steroid dienone is 2. The van der Waals surface area contributed by atoms with Gasteiger partial charge in [-0.15, -0.1) is 0 Å². The third-order valence-electron chi connectivity index (χ3n) is 11.8. The molecule has 59 heavy (non-hydrogen) atoms. The van der Waals surface area contributed by atoms with Crippen molar-refractivity contribution in [1.82, 2.24) is 0 Å². The lowest BCUT2D eigenvalue weighted by Gasteiger charge is -2.46. The van der Waals surface area contributed by atoms with Crippen LogP contribution in [0.1, 0.15) is 106 Å². The Morgan fingerprint density at radius 3 is 1.69 bits per heavy atom. The van der Waals surface area contributed by atoms with E-state index >= 15 is 0 Å². The number of carbonyl (C=O) groups excluding carboxylic acids is 1. The quantitative estimate of drug-likeness (QED) is 0.0384. The SMILES string of the molecule is CCCCCC(=O)/C=C/[C@@H]1O[C@H]([C@@H](C/C=C\CCCC#N)O[Si](c2ccccc2)(c2ccccc2)C(C)(C)C)C[C@@H]1O[Si](c1ccccc1)(c1ccccc1)C(C)(C)C. The molecule has 0 saturated carbocycles. The average molecular weight is 826 g/mol. The fourth-order valence-corrected chi connectivity index (χ4v) is 18.2. The number of carbonyl (C=O) groups is 1. The summed E-state index contributed by atoms with van der Waals surface area (Å²) in [5, 5.41) is 13.6. The highest BCUT2D eigenvalue weighted by molar-refractivity contribution is 7.00. The molecule has 5 rings (SSSR count). The van der Waals surface area contributed by atoms with Crippen LogP contribution in [0, 0.1) is 11.3 Å². The number of ether oxygens (including phenoxy) is 1. The van der Waals surface area contributed by atoms with E-state index in [-0.39, 0.29) is 34.2 Å². The van der Waals surface area contributed by atoms with Crippen molar-refractivity contribution in [3.8, 4) is 6.07 Å². The molecule has 0 aliphatic carbocycles. The first-order valence-corrected chi connectivity index (χ1v) is 25.6. The Bertz CT molecular complexity index is 1880. The topological polar surface area (TPSA) is 68.6 Å². The summed E-state index contributed by atoms with van der Waals surface area (Å²) in [6.07, 6.45) is 13.6. The van der Waals surface area contributed by atoms with Crippen molar-refractivity contribution in [2.75, 3.05) is 0 Å². The minimum atomic E-state index is -3.00. The van der Waals surface area contributed by atoms with E-state index in [1.807, 2.05) is 6.08 Å². The molecule has 1 fully saturated rings. The van der Waals surface area contributed by atoms with Crippen molar-refractivity contribution in [1.29, 1.82) is 5.26 Å². The number of benzene rings is 4. The van der Waals surface area contributed by atoms with Gasteiger partial charge in [-0.3, -0.25) is 4.79 Å². The number of nitrogens with zero attached hydrogens (tertiary/aromatic N) is 1. The smallest absolute Gasteiger partial charge is 0.261 e. The van der Waals surface area contributed by atoms with Crippen molar-refractivity contribution in [3.05, 3.63) is 146 Å². The second-order valence-corrected chi connectivity index (χ2v) is 26.6. The van der Waals surface area contributed by atoms with Gasteiger partial charge in [0.15, 0.2) is 5.78 Å². The summed E-state index contributed by atoms with van der Waals surface area (Å²) < 4.78 is 23.0. The Labute approximate surface area is 357 Å². The summed E-state index contributed by atoms with van der Waals surface area (Å²) in [7, 11) is -6.00. The Hall–Kier alpha value is -4.17. The molecule has 0 amide bonds. The number of hydrogen-bond donors (Lipinski definition) is 0. The van der Waals surface area contributed by atoms with Crippen molar-refractivity contribution in [2.24, 2.45) is 0 Å². The normalized spacial score (nSPS) is 18.3. The zero-order valence-corrected chi connectivity index (χ0v) is 38.6. The molecule has 4 aromatic carbocycles. The Balaban J connectivity index is 1.64. The van der Waals surface area contributed by atoms with E-state index < -0.39 is 22.7 Å². The van der Waals surface area contributed by atoms with Crippen molar-refractivity contribution in [2.45, 2.75) is 141 Å². The Kier molecular flexibility index (Phi) is 16.6. The molecule has 1 saturated heterocycles. The maximum atomic E-state index is 13.3. The Morgan fingerprint density at radius 1 is 0.746 bits per heavy atom. The molecule has 7 heteroatoms. The number of nitriles is 1. The lowest BCUT2D eigenvalue weighted by atomic mass is 10.0. The molecule has 0 aromatic heterocycles. The highest BCUT2D eigenvalue weighted by atomic mass is 28.4. The third kappa shape index (κ3) is 11.2. The van der Waals surface area contributed by atoms with Gasteiger partial charge in [-0.1, -0.05) is 195 Å². The molecule has 4 aromatic rings. The van der Waals surface area contributed by atoms with E-state index in [2.05, 4.69) is 188 Å². The van der Waals surface area contributed by atoms with Crippen LogP contribution in [0.4, 0.5) is 0 Å². The molecule has 0 N–H and O–H groups in total. The molecule has 5 nitrogen and oxygen atoms in total. The standard InChI is InChI=1S/C52H67NO4Si2/c1-8-9-17-28-42(54)38-39-47-50(57-59(52(5,6)7,45-33-22-15-23-34-45)46-35-24-16-25-36-46)41-49(55-47)48(37-26-11-10-12-27-40-53)56-58(51(2,3)4,43-29-18-13-19-30-43)44-31-20-14-21-32-44/h11,13-16,18-26,29-36,38-39,47-50H,8-10,12,17,27-28,37,41H2,1-7H3/b26-11-,39-38+/t47-,48+,49-,50-/m0/s1. The molecular formula is C52H67NO4Si2. The van der Waals surface area contributed by atoms with Gasteiger partial charge < -0.3 is 13.6 Å². The predicted molar refractivity (Wildman–Crippen MR) is 250 cm³/mol. The number of rotatable bonds is 20. The Morgan fingerprint density at radius 2 is 1.24 bits per heavy atom. The number of ketones is 1. The summed E-state index contributed by atoms with van der Waals surface area (Å²) in [5.74, 6) is 0.120. The zero-order valence-electron chi connectivity index (χ0n) is 36.6. The summed E-state index contributed by atoms with van der Waals surface area (Å²) in [6, 6.07) is 45.4. The molecule has 0 radical (unpaired) electrons. The van der Waals surface area contributed by atoms with E-state index in [0.717, 1.165) is 32.1 Å². The number of unbranched alkanes of at least 4 members (excludes halogenated alkanes) is 4. The lowest BCUT2D eigenvalue weighted by Crippen LogP contribution is -2.68. The molecule has 0 spiro atoms. The van der Waals surface area contributed by atoms with Crippen LogP contribution < -0.4 is 20.7 Å². The van der Waals surface area contributed by atoms with Crippen molar-refractivity contribution in [3.63, 3.8) is 0 Å². The van der Waals surface area contributed by atoms with Gasteiger partial charge in [0.2, 0.25) is 0 Å². The van der Waals surface area contributed by atoms with Crippen LogP contribution in [0.15, 0.2) is 146 Å². The first kappa shape index (κ1) is 45.9. The monoisotopic (exact) mass is 825 g/mol. The first-order chi connectivity index (χ1) is 28.4. The molecule has 1 heterocycles. The molecule has 4 atom stereocenters. The van der Waals surface area contributed by atoms with Gasteiger partial charge in [0.1, 0.15) is 6.10 Å². The maximum absolute atomic E-state index is 13.3. The highest BCUT2D eigenvalue weighted by Crippen LogP contribution is 2.43. The second-order valence-electron chi connectivity index (χ2n) is 18.1. The maximum Gasteiger partial charge on any atom is 0.261 e. The molecule has 0 unspecified atom stereocenters. The van der Waals surface area contributed by atoms with Crippen molar-refractivity contribution >= 4 is 43.2 Å². The summed E-state index contributed by atoms with van der Waals surface area (Å²) in [4.78, 5) is 13.3. The van der Waals surface area contributed by atoms with Gasteiger partial charge >= 0.3 is 0 Å². The van der Waals surface area contributed by atoms with Crippen LogP contribution in [0.5, 0.6) is 0 Å². The average Bonchev–Trinajstić information content (AvgIpc) is 3.64. The predicted octanol–water partition coefficient (Wildman–Crippen LogP) is 10.4. The highest BCUT2D eigenvalue weighted by Gasteiger charge is 2.56. The summed E-state index contributed by atoms with van der Waals surface area (Å²) in [6.45, 7) is 16.0. The van der Waals surface area contributed by atoms with Crippen LogP contribution in [0.2, 0.25) is 10.1 Å². The van der Waals surface area contributed by atoms with Gasteiger partial charge in [-0.2, -0.15) is 5.26 Å². The summed E-state index contributed by atoms with van der Waals surface area (Å²) >= 11 is 0. The fourth-order valence-electron chi connectivity index (χ4n) is 8.83. The van der Waals surface area contributed by atoms with Gasteiger partial charge in [0.05, 0.1) is 24.4 Å². The first-order valence-electron chi connectivity index (χ1n) is 21.8. The minimum absolute atomic E-state index is 0.120. The number of hydrogen-bond acceptors (Lipinski definition) is 5. The van der Waals surface area contributed by atoms with E-state index in [9.17, 15) is 10.1 Å². The van der Waals surface area contributed by atoms with Crippen LogP contribution in [0.25, 0.3) is 0 Å². The van der Waals surface area contributed by atoms with Gasteiger partial charge in [0.25, 0.3) is 16.6 Å². The van der Waals surface area contributed by atoms with E-state index in [0.29, 0.717) is 25.7 Å². The molecule has 1 aliphatic rings.